The highest BCUT2D eigenvalue weighted by Gasteiger charge is 2.29. The van der Waals surface area contributed by atoms with E-state index in [1.807, 2.05) is 44.2 Å². The van der Waals surface area contributed by atoms with Crippen molar-refractivity contribution in [2.45, 2.75) is 117 Å². The van der Waals surface area contributed by atoms with Gasteiger partial charge < -0.3 is 10.1 Å². The first-order chi connectivity index (χ1) is 20.9. The van der Waals surface area contributed by atoms with Gasteiger partial charge in [0.2, 0.25) is 5.91 Å². The van der Waals surface area contributed by atoms with Crippen molar-refractivity contribution in [3.05, 3.63) is 65.0 Å². The maximum absolute atomic E-state index is 13.3. The van der Waals surface area contributed by atoms with Crippen LogP contribution >= 0.6 is 0 Å². The molecule has 0 fully saturated rings. The minimum Gasteiger partial charge on any atom is -0.480 e. The van der Waals surface area contributed by atoms with Crippen molar-refractivity contribution in [3.63, 3.8) is 0 Å². The molecule has 1 aromatic heterocycles. The van der Waals surface area contributed by atoms with Gasteiger partial charge in [-0.15, -0.1) is 10.2 Å². The predicted molar refractivity (Wildman–Crippen MR) is 177 cm³/mol. The molecule has 2 aromatic carbocycles. The van der Waals surface area contributed by atoms with E-state index in [4.69, 9.17) is 4.74 Å². The lowest BCUT2D eigenvalue weighted by atomic mass is 9.76. The fourth-order valence-corrected chi connectivity index (χ4v) is 5.14. The van der Waals surface area contributed by atoms with E-state index < -0.39 is 6.10 Å². The minimum atomic E-state index is -0.611. The average molecular weight is 601 g/mol. The van der Waals surface area contributed by atoms with Gasteiger partial charge in [-0.1, -0.05) is 72.7 Å². The number of fused-ring (bicyclic) bond motifs is 1. The molecule has 0 spiro atoms. The molecule has 0 bridgehead atoms. The van der Waals surface area contributed by atoms with Gasteiger partial charge in [-0.05, 0) is 79.2 Å². The number of nitrogens with one attached hydrogen (secondary N) is 2. The molecule has 1 aliphatic rings. The van der Waals surface area contributed by atoms with Gasteiger partial charge in [0.05, 0.1) is 6.42 Å². The molecule has 9 heteroatoms. The van der Waals surface area contributed by atoms with E-state index >= 15 is 0 Å². The molecule has 9 nitrogen and oxygen atoms in total. The average Bonchev–Trinajstić information content (AvgIpc) is 3.28. The number of ether oxygens (including phenoxy) is 1. The van der Waals surface area contributed by atoms with Crippen molar-refractivity contribution in [2.75, 3.05) is 10.6 Å². The third-order valence-corrected chi connectivity index (χ3v) is 8.92. The van der Waals surface area contributed by atoms with Gasteiger partial charge in [0.1, 0.15) is 5.75 Å². The first kappa shape index (κ1) is 32.9. The number of amides is 2. The first-order valence-electron chi connectivity index (χ1n) is 15.9. The molecule has 44 heavy (non-hydrogen) atoms. The summed E-state index contributed by atoms with van der Waals surface area (Å²) in [7, 11) is 0. The van der Waals surface area contributed by atoms with Crippen molar-refractivity contribution in [2.24, 2.45) is 5.10 Å². The van der Waals surface area contributed by atoms with Crippen LogP contribution in [-0.4, -0.2) is 38.5 Å². The van der Waals surface area contributed by atoms with Crippen molar-refractivity contribution in [1.82, 2.24) is 14.9 Å². The molecule has 1 unspecified atom stereocenters. The van der Waals surface area contributed by atoms with E-state index in [1.54, 1.807) is 4.68 Å². The van der Waals surface area contributed by atoms with E-state index in [1.165, 1.54) is 5.56 Å². The minimum absolute atomic E-state index is 0.0625. The number of hydrogen-bond donors (Lipinski definition) is 2. The zero-order valence-electron chi connectivity index (χ0n) is 27.6. The Hall–Kier alpha value is -4.01. The molecule has 1 atom stereocenters. The topological polar surface area (TPSA) is 110 Å². The Labute approximate surface area is 261 Å². The number of aromatic nitrogens is 3. The van der Waals surface area contributed by atoms with Crippen molar-refractivity contribution >= 4 is 29.2 Å². The highest BCUT2D eigenvalue weighted by molar-refractivity contribution is 6.05. The molecular weight excluding hydrogens is 552 g/mol. The third-order valence-electron chi connectivity index (χ3n) is 8.92. The number of nitrogens with zero attached hydrogens (tertiary/aromatic N) is 4. The highest BCUT2D eigenvalue weighted by Crippen LogP contribution is 2.39. The molecule has 0 aliphatic carbocycles. The van der Waals surface area contributed by atoms with Gasteiger partial charge in [0, 0.05) is 23.4 Å². The Balaban J connectivity index is 1.38. The van der Waals surface area contributed by atoms with E-state index in [9.17, 15) is 9.59 Å². The van der Waals surface area contributed by atoms with Gasteiger partial charge in [0.25, 0.3) is 11.9 Å². The molecule has 2 heterocycles. The summed E-state index contributed by atoms with van der Waals surface area (Å²) in [6, 6.07) is 14.4. The lowest BCUT2D eigenvalue weighted by Crippen LogP contribution is -2.33. The standard InChI is InChI=1S/C35H48N6O3/c1-9-28(44-29-20-17-25(34(5,6)10-2)22-27(29)35(7,8)11-3)32(43)36-26-18-15-24(16-19-26)13-12-14-30-38-39-33-37-31(42)21-23(4)40-41(30)33/h15-20,22,28H,9-14,21H2,1-8H3,(H,36,43)(H,37,39,42). The zero-order valence-corrected chi connectivity index (χ0v) is 27.6. The highest BCUT2D eigenvalue weighted by atomic mass is 16.5. The molecule has 0 radical (unpaired) electrons. The summed E-state index contributed by atoms with van der Waals surface area (Å²) in [6.07, 6.45) is 4.52. The number of aryl methyl sites for hydroxylation is 2. The normalized spacial score (nSPS) is 14.3. The summed E-state index contributed by atoms with van der Waals surface area (Å²) in [5.74, 6) is 1.55. The second kappa shape index (κ2) is 13.7. The van der Waals surface area contributed by atoms with Gasteiger partial charge in [-0.2, -0.15) is 9.78 Å². The second-order valence-corrected chi connectivity index (χ2v) is 13.1. The van der Waals surface area contributed by atoms with Crippen LogP contribution in [0.3, 0.4) is 0 Å². The number of anilines is 2. The van der Waals surface area contributed by atoms with Crippen molar-refractivity contribution in [3.8, 4) is 5.75 Å². The van der Waals surface area contributed by atoms with Gasteiger partial charge in [0.15, 0.2) is 11.9 Å². The summed E-state index contributed by atoms with van der Waals surface area (Å²) >= 11 is 0. The van der Waals surface area contributed by atoms with Crippen LogP contribution in [0.1, 0.15) is 110 Å². The number of hydrogen-bond acceptors (Lipinski definition) is 6. The Morgan fingerprint density at radius 2 is 1.70 bits per heavy atom. The van der Waals surface area contributed by atoms with Crippen molar-refractivity contribution < 1.29 is 14.3 Å². The molecule has 1 aliphatic heterocycles. The van der Waals surface area contributed by atoms with Crippen LogP contribution in [0.5, 0.6) is 5.75 Å². The summed E-state index contributed by atoms with van der Waals surface area (Å²) in [5, 5.41) is 18.6. The number of carbonyl (C=O) groups is 2. The van der Waals surface area contributed by atoms with E-state index in [0.717, 1.165) is 54.0 Å². The molecule has 3 aromatic rings. The number of carbonyl (C=O) groups excluding carboxylic acids is 2. The lowest BCUT2D eigenvalue weighted by molar-refractivity contribution is -0.123. The van der Waals surface area contributed by atoms with Crippen LogP contribution in [0, 0.1) is 0 Å². The molecule has 0 saturated heterocycles. The molecular formula is C35H48N6O3. The van der Waals surface area contributed by atoms with Gasteiger partial charge in [-0.3, -0.25) is 14.9 Å². The van der Waals surface area contributed by atoms with E-state index in [2.05, 4.69) is 79.6 Å². The molecule has 4 rings (SSSR count). The monoisotopic (exact) mass is 600 g/mol. The fourth-order valence-electron chi connectivity index (χ4n) is 5.14. The first-order valence-corrected chi connectivity index (χ1v) is 15.9. The Morgan fingerprint density at radius 1 is 1.00 bits per heavy atom. The molecule has 236 valence electrons. The number of rotatable bonds is 13. The van der Waals surface area contributed by atoms with Gasteiger partial charge in [-0.25, -0.2) is 0 Å². The van der Waals surface area contributed by atoms with Crippen LogP contribution < -0.4 is 15.4 Å². The lowest BCUT2D eigenvalue weighted by Gasteiger charge is -2.31. The van der Waals surface area contributed by atoms with Crippen LogP contribution in [0.4, 0.5) is 11.6 Å². The Bertz CT molecular complexity index is 1500. The van der Waals surface area contributed by atoms with Crippen molar-refractivity contribution in [1.29, 1.82) is 0 Å². The van der Waals surface area contributed by atoms with Gasteiger partial charge >= 0.3 is 0 Å². The smallest absolute Gasteiger partial charge is 0.265 e. The fraction of sp³-hybridized carbons (Fsp3) is 0.514. The predicted octanol–water partition coefficient (Wildman–Crippen LogP) is 7.19. The maximum atomic E-state index is 13.3. The van der Waals surface area contributed by atoms with Crippen LogP contribution in [0.15, 0.2) is 47.6 Å². The second-order valence-electron chi connectivity index (χ2n) is 13.1. The summed E-state index contributed by atoms with van der Waals surface area (Å²) in [4.78, 5) is 25.2. The maximum Gasteiger partial charge on any atom is 0.265 e. The van der Waals surface area contributed by atoms with E-state index in [-0.39, 0.29) is 29.1 Å². The summed E-state index contributed by atoms with van der Waals surface area (Å²) in [6.45, 7) is 17.2. The molecule has 2 amide bonds. The summed E-state index contributed by atoms with van der Waals surface area (Å²) < 4.78 is 8.06. The quantitative estimate of drug-likeness (QED) is 0.216. The number of benzene rings is 2. The third kappa shape index (κ3) is 7.73. The molecule has 0 saturated carbocycles. The van der Waals surface area contributed by atoms with Crippen LogP contribution in [-0.2, 0) is 33.3 Å². The van der Waals surface area contributed by atoms with E-state index in [0.29, 0.717) is 24.6 Å². The van der Waals surface area contributed by atoms with Crippen LogP contribution in [0.25, 0.3) is 0 Å². The van der Waals surface area contributed by atoms with Crippen LogP contribution in [0.2, 0.25) is 0 Å². The Kier molecular flexibility index (Phi) is 10.3. The SMILES string of the molecule is CCC(Oc1ccc(C(C)(C)CC)cc1C(C)(C)CC)C(=O)Nc1ccc(CCCc2nnc3n2N=C(C)CC(=O)N3)cc1. The zero-order chi connectivity index (χ0) is 32.1. The molecule has 2 N–H and O–H groups in total. The summed E-state index contributed by atoms with van der Waals surface area (Å²) in [5.41, 5.74) is 5.00. The largest absolute Gasteiger partial charge is 0.480 e. The Morgan fingerprint density at radius 3 is 2.36 bits per heavy atom.